The Labute approximate surface area is 206 Å². The van der Waals surface area contributed by atoms with E-state index in [-0.39, 0.29) is 12.5 Å². The summed E-state index contributed by atoms with van der Waals surface area (Å²) in [5.41, 5.74) is 2.07. The maximum absolute atomic E-state index is 11.8. The van der Waals surface area contributed by atoms with E-state index in [1.165, 1.54) is 12.4 Å². The fourth-order valence-electron chi connectivity index (χ4n) is 3.91. The van der Waals surface area contributed by atoms with Gasteiger partial charge in [-0.2, -0.15) is 0 Å². The molecule has 0 spiro atoms. The van der Waals surface area contributed by atoms with Gasteiger partial charge < -0.3 is 30.0 Å². The van der Waals surface area contributed by atoms with Crippen LogP contribution in [-0.4, -0.2) is 73.7 Å². The third-order valence-corrected chi connectivity index (χ3v) is 5.92. The lowest BCUT2D eigenvalue weighted by atomic mass is 10.2. The normalized spacial score (nSPS) is 20.8. The molecule has 35 heavy (non-hydrogen) atoms. The maximum Gasteiger partial charge on any atom is 0.244 e. The molecule has 4 rings (SSSR count). The summed E-state index contributed by atoms with van der Waals surface area (Å²) in [4.78, 5) is 31.8. The number of hydrogen-bond donors (Lipinski definition) is 4. The molecule has 4 N–H and O–H groups in total. The molecule has 0 saturated carbocycles. The van der Waals surface area contributed by atoms with Crippen molar-refractivity contribution in [2.24, 2.45) is 0 Å². The molecule has 3 aromatic heterocycles. The molecule has 1 aliphatic rings. The number of hydrogen-bond acceptors (Lipinski definition) is 9. The molecule has 1 fully saturated rings. The fourth-order valence-corrected chi connectivity index (χ4v) is 4.08. The number of nitrogens with one attached hydrogen (secondary N) is 3. The summed E-state index contributed by atoms with van der Waals surface area (Å²) in [6.45, 7) is 1.56. The summed E-state index contributed by atoms with van der Waals surface area (Å²) in [5.74, 6) is 0.539. The van der Waals surface area contributed by atoms with Crippen LogP contribution in [0.2, 0.25) is 0 Å². The molecule has 0 aromatic carbocycles. The van der Waals surface area contributed by atoms with E-state index >= 15 is 0 Å². The average Bonchev–Trinajstić information content (AvgIpc) is 3.63. The third kappa shape index (κ3) is 6.82. The van der Waals surface area contributed by atoms with E-state index in [2.05, 4.69) is 35.6 Å². The topological polar surface area (TPSA) is 152 Å². The zero-order valence-corrected chi connectivity index (χ0v) is 20.3. The zero-order chi connectivity index (χ0) is 25.2. The summed E-state index contributed by atoms with van der Waals surface area (Å²) in [5, 5.41) is 16.5. The second kappa shape index (κ2) is 12.7. The number of aromatic nitrogens is 6. The van der Waals surface area contributed by atoms with Crippen molar-refractivity contribution in [2.75, 3.05) is 25.0 Å². The lowest BCUT2D eigenvalue weighted by molar-refractivity contribution is -0.116. The van der Waals surface area contributed by atoms with Gasteiger partial charge in [0.15, 0.2) is 17.0 Å². The van der Waals surface area contributed by atoms with Crippen LogP contribution in [0.5, 0.6) is 0 Å². The third-order valence-electron chi connectivity index (χ3n) is 5.75. The van der Waals surface area contributed by atoms with Gasteiger partial charge in [0.25, 0.3) is 0 Å². The van der Waals surface area contributed by atoms with Crippen LogP contribution in [0.15, 0.2) is 31.3 Å². The molecule has 3 aromatic rings. The summed E-state index contributed by atoms with van der Waals surface area (Å²) in [6.07, 6.45) is 12.3. The van der Waals surface area contributed by atoms with Crippen LogP contribution in [0.4, 0.5) is 5.82 Å². The number of nitrogens with zero attached hydrogens (tertiary/aromatic N) is 5. The Morgan fingerprint density at radius 3 is 3.06 bits per heavy atom. The minimum absolute atomic E-state index is 0.118. The number of fused-ring (bicyclic) bond motifs is 1. The molecule has 1 amide bonds. The number of anilines is 1. The number of carbonyl (C=O) groups is 1. The minimum Gasteiger partial charge on any atom is -0.390 e. The number of aliphatic hydroxyl groups excluding tert-OH is 1. The Hall–Kier alpha value is -2.92. The van der Waals surface area contributed by atoms with Crippen molar-refractivity contribution < 1.29 is 19.2 Å². The Bertz CT molecular complexity index is 1130. The number of H-pyrrole nitrogens is 1. The highest BCUT2D eigenvalue weighted by molar-refractivity contribution is 7.09. The maximum atomic E-state index is 11.8. The molecule has 0 aliphatic carbocycles. The van der Waals surface area contributed by atoms with Crippen molar-refractivity contribution in [1.29, 1.82) is 1.28 Å². The number of imidazole rings is 2. The first kappa shape index (κ1) is 23.8. The van der Waals surface area contributed by atoms with Crippen molar-refractivity contribution in [1.82, 2.24) is 34.8 Å². The van der Waals surface area contributed by atoms with Gasteiger partial charge in [-0.15, -0.1) is 0 Å². The van der Waals surface area contributed by atoms with Crippen molar-refractivity contribution in [2.45, 2.75) is 50.5 Å². The van der Waals surface area contributed by atoms with E-state index in [4.69, 9.17) is 10.5 Å². The van der Waals surface area contributed by atoms with Gasteiger partial charge in [-0.05, 0) is 18.9 Å². The van der Waals surface area contributed by atoms with E-state index in [1.807, 2.05) is 0 Å². The van der Waals surface area contributed by atoms with E-state index in [0.29, 0.717) is 29.9 Å². The summed E-state index contributed by atoms with van der Waals surface area (Å²) < 4.78 is 19.9. The zero-order valence-electron chi connectivity index (χ0n) is 20.3. The molecule has 0 bridgehead atoms. The van der Waals surface area contributed by atoms with E-state index in [9.17, 15) is 9.90 Å². The Morgan fingerprint density at radius 1 is 1.34 bits per heavy atom. The molecule has 4 unspecified atom stereocenters. The van der Waals surface area contributed by atoms with Crippen molar-refractivity contribution in [3.8, 4) is 0 Å². The van der Waals surface area contributed by atoms with Gasteiger partial charge in [-0.25, -0.2) is 19.9 Å². The van der Waals surface area contributed by atoms with Crippen LogP contribution in [0.25, 0.3) is 17.2 Å². The molecule has 1 saturated heterocycles. The van der Waals surface area contributed by atoms with Crippen molar-refractivity contribution in [3.63, 3.8) is 0 Å². The molecular weight excluding hydrogens is 471 g/mol. The number of amides is 1. The minimum atomic E-state index is -0.671. The van der Waals surface area contributed by atoms with Gasteiger partial charge in [-0.3, -0.25) is 9.36 Å². The molecule has 4 heterocycles. The molecule has 188 valence electrons. The molecule has 13 heteroatoms. The van der Waals surface area contributed by atoms with Crippen LogP contribution in [0.1, 0.15) is 44.0 Å². The van der Waals surface area contributed by atoms with Crippen LogP contribution in [0.3, 0.4) is 0 Å². The van der Waals surface area contributed by atoms with E-state index in [1.54, 1.807) is 29.5 Å². The Kier molecular flexibility index (Phi) is 8.63. The predicted molar refractivity (Wildman–Crippen MR) is 133 cm³/mol. The number of rotatable bonds is 14. The molecule has 12 nitrogen and oxygen atoms in total. The average molecular weight is 505 g/mol. The highest BCUT2D eigenvalue weighted by atomic mass is 31.0. The SMILES string of the molecule is [3H]POCC1OC(n2cnc3c(NCCCCCCNC(=O)C=Cc4cnc[nH]4)ncnc32)CC1O. The van der Waals surface area contributed by atoms with Crippen LogP contribution < -0.4 is 10.6 Å². The number of aromatic amines is 1. The first-order valence-electron chi connectivity index (χ1n) is 12.1. The van der Waals surface area contributed by atoms with E-state index < -0.39 is 27.8 Å². The lowest BCUT2D eigenvalue weighted by Crippen LogP contribution is -2.24. The largest absolute Gasteiger partial charge is 0.390 e. The molecule has 1 aliphatic heterocycles. The quantitative estimate of drug-likeness (QED) is 0.146. The highest BCUT2D eigenvalue weighted by Gasteiger charge is 2.35. The number of ether oxygens (including phenoxy) is 1. The smallest absolute Gasteiger partial charge is 0.244 e. The van der Waals surface area contributed by atoms with Crippen molar-refractivity contribution >= 4 is 38.4 Å². The summed E-state index contributed by atoms with van der Waals surface area (Å²) in [6, 6.07) is 0. The van der Waals surface area contributed by atoms with Gasteiger partial charge >= 0.3 is 0 Å². The van der Waals surface area contributed by atoms with Crippen LogP contribution >= 0.6 is 9.41 Å². The van der Waals surface area contributed by atoms with Gasteiger partial charge in [0, 0.05) is 35.0 Å². The van der Waals surface area contributed by atoms with Gasteiger partial charge in [-0.1, -0.05) is 12.8 Å². The Balaban J connectivity index is 1.16. The predicted octanol–water partition coefficient (Wildman–Crippen LogP) is 1.81. The highest BCUT2D eigenvalue weighted by Crippen LogP contribution is 2.32. The lowest BCUT2D eigenvalue weighted by Gasteiger charge is -2.14. The summed E-state index contributed by atoms with van der Waals surface area (Å²) >= 11 is 0. The van der Waals surface area contributed by atoms with Gasteiger partial charge in [0.1, 0.15) is 18.7 Å². The number of unbranched alkanes of at least 4 members (excludes halogenated alkanes) is 3. The first-order valence-corrected chi connectivity index (χ1v) is 12.0. The Morgan fingerprint density at radius 2 is 2.23 bits per heavy atom. The monoisotopic (exact) mass is 504 g/mol. The molecule has 4 atom stereocenters. The number of carbonyl (C=O) groups excluding carboxylic acids is 1. The van der Waals surface area contributed by atoms with E-state index in [0.717, 1.165) is 37.9 Å². The van der Waals surface area contributed by atoms with Gasteiger partial charge in [0.05, 0.1) is 38.5 Å². The molecule has 0 radical (unpaired) electrons. The van der Waals surface area contributed by atoms with Crippen molar-refractivity contribution in [3.05, 3.63) is 36.9 Å². The van der Waals surface area contributed by atoms with Crippen LogP contribution in [0, 0.1) is 0 Å². The standard InChI is InChI=1S/C22H31N8O4P/c31-16-9-19(34-17(16)11-33-35)30-14-29-20-21(27-13-28-22(20)30)25-8-4-2-1-3-7-24-18(32)6-5-15-10-23-12-26-15/h5-6,10,12-14,16-17,19,31H,1-4,7-9,11,35H2,(H,23,26)(H,24,32)(H,25,27,28)/i35T. The van der Waals surface area contributed by atoms with Crippen LogP contribution in [-0.2, 0) is 14.1 Å². The first-order chi connectivity index (χ1) is 17.7. The second-order valence-electron chi connectivity index (χ2n) is 8.26. The second-order valence-corrected chi connectivity index (χ2v) is 8.55. The number of aliphatic hydroxyl groups is 1. The summed E-state index contributed by atoms with van der Waals surface area (Å²) in [7, 11) is -0.395. The fraction of sp³-hybridized carbons (Fsp3) is 0.500. The van der Waals surface area contributed by atoms with Gasteiger partial charge in [0.2, 0.25) is 5.91 Å². The molecular formula is C22H31N8O4P.